The number of carboxylic acid groups (broad SMARTS) is 2. The van der Waals surface area contributed by atoms with E-state index in [0.717, 1.165) is 0 Å². The molecule has 1 unspecified atom stereocenters. The van der Waals surface area contributed by atoms with Crippen LogP contribution in [0.1, 0.15) is 21.5 Å². The molecule has 0 aliphatic heterocycles. The number of aliphatic carboxylic acids is 1. The summed E-state index contributed by atoms with van der Waals surface area (Å²) in [7, 11) is -3.03. The van der Waals surface area contributed by atoms with E-state index in [9.17, 15) is 18.0 Å². The van der Waals surface area contributed by atoms with Gasteiger partial charge in [-0.1, -0.05) is 11.0 Å². The molecule has 0 bridgehead atoms. The summed E-state index contributed by atoms with van der Waals surface area (Å²) in [5.74, 6) is -2.68. The Morgan fingerprint density at radius 1 is 1.26 bits per heavy atom. The van der Waals surface area contributed by atoms with Gasteiger partial charge in [0.2, 0.25) is 0 Å². The Kier molecular flexibility index (Phi) is 6.21. The Balaban J connectivity index is 3.12. The lowest BCUT2D eigenvalue weighted by Crippen LogP contribution is -2.37. The number of hydrogen-bond donors (Lipinski definition) is 3. The Morgan fingerprint density at radius 3 is 2.35 bits per heavy atom. The zero-order valence-electron chi connectivity index (χ0n) is 12.7. The van der Waals surface area contributed by atoms with Gasteiger partial charge in [-0.15, -0.1) is 0 Å². The fourth-order valence-corrected chi connectivity index (χ4v) is 3.01. The molecule has 0 aliphatic rings. The van der Waals surface area contributed by atoms with Gasteiger partial charge >= 0.3 is 11.9 Å². The van der Waals surface area contributed by atoms with Crippen molar-refractivity contribution in [2.45, 2.75) is 24.8 Å². The maximum Gasteiger partial charge on any atom is 0.337 e. The SMILES string of the molecule is COCC(ONS(=O)(=O)c1ccc(C)c(C(=O)O)c1C)C(=O)O. The summed E-state index contributed by atoms with van der Waals surface area (Å²) in [4.78, 5) is 28.1. The van der Waals surface area contributed by atoms with Gasteiger partial charge in [0.1, 0.15) is 0 Å². The van der Waals surface area contributed by atoms with Crippen molar-refractivity contribution in [3.63, 3.8) is 0 Å². The third-order valence-corrected chi connectivity index (χ3v) is 4.36. The van der Waals surface area contributed by atoms with Crippen LogP contribution < -0.4 is 4.89 Å². The fourth-order valence-electron chi connectivity index (χ4n) is 1.92. The number of hydrogen-bond acceptors (Lipinski definition) is 6. The fraction of sp³-hybridized carbons (Fsp3) is 0.385. The van der Waals surface area contributed by atoms with Gasteiger partial charge in [-0.2, -0.15) is 0 Å². The first-order chi connectivity index (χ1) is 10.6. The normalized spacial score (nSPS) is 12.8. The highest BCUT2D eigenvalue weighted by molar-refractivity contribution is 7.89. The molecule has 0 saturated heterocycles. The molecule has 9 nitrogen and oxygen atoms in total. The third-order valence-electron chi connectivity index (χ3n) is 3.02. The molecule has 0 aliphatic carbocycles. The molecule has 0 radical (unpaired) electrons. The predicted molar refractivity (Wildman–Crippen MR) is 77.6 cm³/mol. The van der Waals surface area contributed by atoms with Gasteiger partial charge in [0.15, 0.2) is 6.10 Å². The highest BCUT2D eigenvalue weighted by atomic mass is 32.2. The molecule has 0 saturated carbocycles. The summed E-state index contributed by atoms with van der Waals surface area (Å²) in [5, 5.41) is 18.0. The maximum atomic E-state index is 12.2. The second-order valence-electron chi connectivity index (χ2n) is 4.67. The van der Waals surface area contributed by atoms with Gasteiger partial charge in [-0.05, 0) is 31.0 Å². The molecule has 0 amide bonds. The molecule has 0 spiro atoms. The van der Waals surface area contributed by atoms with E-state index < -0.39 is 28.1 Å². The topological polar surface area (TPSA) is 139 Å². The third kappa shape index (κ3) is 4.48. The largest absolute Gasteiger partial charge is 0.479 e. The zero-order valence-corrected chi connectivity index (χ0v) is 13.5. The standard InChI is InChI=1S/C13H17NO8S/c1-7-4-5-10(8(2)11(7)13(17)18)23(19,20)14-22-9(6-21-3)12(15)16/h4-5,9,14H,6H2,1-3H3,(H,15,16)(H,17,18). The average molecular weight is 347 g/mol. The number of nitrogens with one attached hydrogen (secondary N) is 1. The van der Waals surface area contributed by atoms with Crippen LogP contribution in [0.5, 0.6) is 0 Å². The average Bonchev–Trinajstić information content (AvgIpc) is 2.42. The Morgan fingerprint density at radius 2 is 1.87 bits per heavy atom. The molecular weight excluding hydrogens is 330 g/mol. The zero-order chi connectivity index (χ0) is 17.8. The molecule has 1 aromatic carbocycles. The van der Waals surface area contributed by atoms with Crippen molar-refractivity contribution in [1.82, 2.24) is 4.89 Å². The Hall–Kier alpha value is -2.01. The second-order valence-corrected chi connectivity index (χ2v) is 6.29. The lowest BCUT2D eigenvalue weighted by molar-refractivity contribution is -0.156. The second kappa shape index (κ2) is 7.51. The van der Waals surface area contributed by atoms with Crippen molar-refractivity contribution >= 4 is 22.0 Å². The lowest BCUT2D eigenvalue weighted by atomic mass is 10.0. The molecule has 10 heteroatoms. The minimum atomic E-state index is -4.27. The first kappa shape index (κ1) is 19.0. The molecule has 0 aromatic heterocycles. The quantitative estimate of drug-likeness (QED) is 0.571. The van der Waals surface area contributed by atoms with Crippen molar-refractivity contribution in [2.24, 2.45) is 0 Å². The monoisotopic (exact) mass is 347 g/mol. The number of carbonyl (C=O) groups is 2. The van der Waals surface area contributed by atoms with E-state index in [4.69, 9.17) is 10.2 Å². The van der Waals surface area contributed by atoms with Crippen LogP contribution in [0.25, 0.3) is 0 Å². The van der Waals surface area contributed by atoms with Crippen molar-refractivity contribution in [1.29, 1.82) is 0 Å². The molecule has 128 valence electrons. The molecule has 3 N–H and O–H groups in total. The molecule has 1 rings (SSSR count). The van der Waals surface area contributed by atoms with Crippen LogP contribution in [-0.2, 0) is 24.4 Å². The van der Waals surface area contributed by atoms with Crippen LogP contribution in [0.4, 0.5) is 0 Å². The van der Waals surface area contributed by atoms with E-state index in [1.54, 1.807) is 4.89 Å². The van der Waals surface area contributed by atoms with Crippen LogP contribution in [-0.4, -0.2) is 50.4 Å². The van der Waals surface area contributed by atoms with E-state index in [1.807, 2.05) is 0 Å². The van der Waals surface area contributed by atoms with Crippen molar-refractivity contribution in [3.8, 4) is 0 Å². The van der Waals surface area contributed by atoms with Gasteiger partial charge < -0.3 is 14.9 Å². The highest BCUT2D eigenvalue weighted by Gasteiger charge is 2.26. The summed E-state index contributed by atoms with van der Waals surface area (Å²) in [6, 6.07) is 2.56. The minimum Gasteiger partial charge on any atom is -0.479 e. The molecule has 0 heterocycles. The van der Waals surface area contributed by atoms with Gasteiger partial charge in [0, 0.05) is 7.11 Å². The highest BCUT2D eigenvalue weighted by Crippen LogP contribution is 2.22. The molecule has 23 heavy (non-hydrogen) atoms. The minimum absolute atomic E-state index is 0.0206. The number of aryl methyl sites for hydroxylation is 1. The predicted octanol–water partition coefficient (Wildman–Crippen LogP) is 0.311. The summed E-state index contributed by atoms with van der Waals surface area (Å²) < 4.78 is 29.0. The maximum absolute atomic E-state index is 12.2. The summed E-state index contributed by atoms with van der Waals surface area (Å²) >= 11 is 0. The number of benzene rings is 1. The van der Waals surface area contributed by atoms with E-state index in [2.05, 4.69) is 9.57 Å². The van der Waals surface area contributed by atoms with Crippen molar-refractivity contribution in [3.05, 3.63) is 28.8 Å². The number of carboxylic acids is 2. The number of rotatable bonds is 8. The van der Waals surface area contributed by atoms with Crippen LogP contribution in [0.3, 0.4) is 0 Å². The first-order valence-corrected chi connectivity index (χ1v) is 7.82. The number of aromatic carboxylic acids is 1. The summed E-state index contributed by atoms with van der Waals surface area (Å²) in [6.07, 6.45) is -1.54. The number of ether oxygens (including phenoxy) is 1. The lowest BCUT2D eigenvalue weighted by Gasteiger charge is -2.15. The van der Waals surface area contributed by atoms with E-state index in [0.29, 0.717) is 5.56 Å². The Bertz CT molecular complexity index is 713. The van der Waals surface area contributed by atoms with Crippen LogP contribution >= 0.6 is 0 Å². The Labute approximate surface area is 132 Å². The van der Waals surface area contributed by atoms with Crippen LogP contribution in [0, 0.1) is 13.8 Å². The van der Waals surface area contributed by atoms with E-state index in [1.165, 1.54) is 33.1 Å². The van der Waals surface area contributed by atoms with Crippen molar-refractivity contribution < 1.29 is 37.8 Å². The molecular formula is C13H17NO8S. The number of methoxy groups -OCH3 is 1. The summed E-state index contributed by atoms with van der Waals surface area (Å²) in [6.45, 7) is 2.51. The van der Waals surface area contributed by atoms with E-state index in [-0.39, 0.29) is 22.6 Å². The smallest absolute Gasteiger partial charge is 0.337 e. The van der Waals surface area contributed by atoms with E-state index >= 15 is 0 Å². The van der Waals surface area contributed by atoms with Gasteiger partial charge in [0.25, 0.3) is 10.0 Å². The van der Waals surface area contributed by atoms with Gasteiger partial charge in [-0.25, -0.2) is 18.0 Å². The summed E-state index contributed by atoms with van der Waals surface area (Å²) in [5.41, 5.74) is 0.282. The molecule has 1 atom stereocenters. The van der Waals surface area contributed by atoms with Crippen LogP contribution in [0.15, 0.2) is 17.0 Å². The van der Waals surface area contributed by atoms with Gasteiger partial charge in [0.05, 0.1) is 17.1 Å². The molecule has 1 aromatic rings. The number of sulfonamides is 1. The first-order valence-electron chi connectivity index (χ1n) is 6.34. The van der Waals surface area contributed by atoms with Gasteiger partial charge in [-0.3, -0.25) is 4.84 Å². The van der Waals surface area contributed by atoms with Crippen LogP contribution in [0.2, 0.25) is 0 Å². The van der Waals surface area contributed by atoms with Crippen molar-refractivity contribution in [2.75, 3.05) is 13.7 Å². The molecule has 0 fully saturated rings.